The first-order valence-corrected chi connectivity index (χ1v) is 5.55. The predicted octanol–water partition coefficient (Wildman–Crippen LogP) is 1.85. The van der Waals surface area contributed by atoms with Gasteiger partial charge in [0.2, 0.25) is 6.79 Å². The van der Waals surface area contributed by atoms with E-state index in [1.807, 2.05) is 19.2 Å². The van der Waals surface area contributed by atoms with Gasteiger partial charge in [0.1, 0.15) is 5.75 Å². The number of benzene rings is 1. The number of fused-ring (bicyclic) bond motifs is 2. The maximum Gasteiger partial charge on any atom is 0.231 e. The highest BCUT2D eigenvalue weighted by Gasteiger charge is 2.28. The van der Waals surface area contributed by atoms with Crippen LogP contribution in [-0.2, 0) is 0 Å². The Kier molecular flexibility index (Phi) is 2.17. The van der Waals surface area contributed by atoms with Gasteiger partial charge in [0.05, 0.1) is 6.10 Å². The molecule has 2 aliphatic rings. The monoisotopic (exact) mass is 221 g/mol. The van der Waals surface area contributed by atoms with Crippen LogP contribution in [-0.4, -0.2) is 19.9 Å². The molecule has 0 radical (unpaired) electrons. The van der Waals surface area contributed by atoms with Crippen LogP contribution in [0.2, 0.25) is 0 Å². The Balaban J connectivity index is 2.07. The smallest absolute Gasteiger partial charge is 0.231 e. The normalized spacial score (nSPS) is 26.1. The summed E-state index contributed by atoms with van der Waals surface area (Å²) >= 11 is 0. The second-order valence-electron chi connectivity index (χ2n) is 4.25. The van der Waals surface area contributed by atoms with Crippen LogP contribution in [0.3, 0.4) is 0 Å². The first-order chi connectivity index (χ1) is 7.78. The van der Waals surface area contributed by atoms with Crippen molar-refractivity contribution in [3.8, 4) is 17.2 Å². The lowest BCUT2D eigenvalue weighted by Crippen LogP contribution is -2.29. The fourth-order valence-electron chi connectivity index (χ4n) is 2.31. The van der Waals surface area contributed by atoms with Crippen LogP contribution in [0.1, 0.15) is 24.9 Å². The van der Waals surface area contributed by atoms with Crippen molar-refractivity contribution in [2.45, 2.75) is 25.5 Å². The summed E-state index contributed by atoms with van der Waals surface area (Å²) in [5.41, 5.74) is 1.16. The average molecular weight is 221 g/mol. The Bertz CT molecular complexity index is 419. The van der Waals surface area contributed by atoms with Crippen molar-refractivity contribution in [1.82, 2.24) is 5.32 Å². The molecule has 2 aliphatic heterocycles. The van der Waals surface area contributed by atoms with Gasteiger partial charge >= 0.3 is 0 Å². The van der Waals surface area contributed by atoms with Crippen molar-refractivity contribution < 1.29 is 14.2 Å². The first-order valence-electron chi connectivity index (χ1n) is 5.55. The van der Waals surface area contributed by atoms with Crippen molar-refractivity contribution in [2.75, 3.05) is 13.8 Å². The maximum atomic E-state index is 5.81. The zero-order chi connectivity index (χ0) is 11.1. The molecule has 4 heteroatoms. The van der Waals surface area contributed by atoms with Gasteiger partial charge in [-0.15, -0.1) is 0 Å². The van der Waals surface area contributed by atoms with Gasteiger partial charge < -0.3 is 19.5 Å². The number of rotatable bonds is 1. The lowest BCUT2D eigenvalue weighted by molar-refractivity contribution is 0.167. The zero-order valence-corrected chi connectivity index (χ0v) is 9.45. The van der Waals surface area contributed by atoms with E-state index >= 15 is 0 Å². The first kappa shape index (κ1) is 9.78. The Morgan fingerprint density at radius 3 is 2.69 bits per heavy atom. The highest BCUT2D eigenvalue weighted by Crippen LogP contribution is 2.43. The van der Waals surface area contributed by atoms with E-state index in [0.29, 0.717) is 12.8 Å². The Labute approximate surface area is 94.5 Å². The molecule has 1 N–H and O–H groups in total. The predicted molar refractivity (Wildman–Crippen MR) is 59.1 cm³/mol. The molecule has 0 aromatic heterocycles. The van der Waals surface area contributed by atoms with Crippen LogP contribution in [0.25, 0.3) is 0 Å². The van der Waals surface area contributed by atoms with Crippen LogP contribution in [0.4, 0.5) is 0 Å². The molecule has 2 atom stereocenters. The summed E-state index contributed by atoms with van der Waals surface area (Å²) in [6.45, 7) is 2.38. The molecule has 86 valence electrons. The summed E-state index contributed by atoms with van der Waals surface area (Å²) in [6.07, 6.45) is 1.20. The van der Waals surface area contributed by atoms with Crippen LogP contribution >= 0.6 is 0 Å². The van der Waals surface area contributed by atoms with Crippen LogP contribution in [0.15, 0.2) is 12.1 Å². The molecule has 0 saturated heterocycles. The van der Waals surface area contributed by atoms with E-state index < -0.39 is 0 Å². The number of ether oxygens (including phenoxy) is 3. The maximum absolute atomic E-state index is 5.81. The van der Waals surface area contributed by atoms with Gasteiger partial charge in [0.15, 0.2) is 11.5 Å². The van der Waals surface area contributed by atoms with Gasteiger partial charge in [0, 0.05) is 24.1 Å². The van der Waals surface area contributed by atoms with Crippen molar-refractivity contribution in [3.63, 3.8) is 0 Å². The van der Waals surface area contributed by atoms with Gasteiger partial charge in [-0.25, -0.2) is 0 Å². The molecule has 4 nitrogen and oxygen atoms in total. The molecule has 0 bridgehead atoms. The zero-order valence-electron chi connectivity index (χ0n) is 9.45. The molecule has 0 fully saturated rings. The quantitative estimate of drug-likeness (QED) is 0.785. The molecular weight excluding hydrogens is 206 g/mol. The largest absolute Gasteiger partial charge is 0.490 e. The van der Waals surface area contributed by atoms with Gasteiger partial charge in [0.25, 0.3) is 0 Å². The SMILES string of the molecule is CNC1CC(C)Oc2cc3c(cc21)OCO3. The van der Waals surface area contributed by atoms with E-state index in [9.17, 15) is 0 Å². The Hall–Kier alpha value is -1.42. The van der Waals surface area contributed by atoms with E-state index in [1.165, 1.54) is 0 Å². The molecule has 0 amide bonds. The molecule has 1 aromatic carbocycles. The number of hydrogen-bond donors (Lipinski definition) is 1. The van der Waals surface area contributed by atoms with E-state index in [0.717, 1.165) is 29.2 Å². The second kappa shape index (κ2) is 3.56. The fourth-order valence-corrected chi connectivity index (χ4v) is 2.31. The summed E-state index contributed by atoms with van der Waals surface area (Å²) in [4.78, 5) is 0. The van der Waals surface area contributed by atoms with E-state index in [-0.39, 0.29) is 6.10 Å². The number of nitrogens with one attached hydrogen (secondary N) is 1. The third-order valence-electron chi connectivity index (χ3n) is 3.12. The standard InChI is InChI=1S/C12H15NO3/c1-7-3-9(13-2)8-4-11-12(15-6-14-11)5-10(8)16-7/h4-5,7,9,13H,3,6H2,1-2H3. The van der Waals surface area contributed by atoms with Crippen LogP contribution in [0.5, 0.6) is 17.2 Å². The molecule has 16 heavy (non-hydrogen) atoms. The lowest BCUT2D eigenvalue weighted by atomic mass is 9.97. The molecule has 0 aliphatic carbocycles. The minimum atomic E-state index is 0.227. The summed E-state index contributed by atoms with van der Waals surface area (Å²) in [5, 5.41) is 3.31. The molecular formula is C12H15NO3. The molecule has 3 rings (SSSR count). The summed E-state index contributed by atoms with van der Waals surface area (Å²) in [7, 11) is 1.97. The third-order valence-corrected chi connectivity index (χ3v) is 3.12. The van der Waals surface area contributed by atoms with Crippen LogP contribution < -0.4 is 19.5 Å². The fraction of sp³-hybridized carbons (Fsp3) is 0.500. The van der Waals surface area contributed by atoms with Gasteiger partial charge in [-0.3, -0.25) is 0 Å². The molecule has 0 saturated carbocycles. The summed E-state index contributed by atoms with van der Waals surface area (Å²) in [5.74, 6) is 2.50. The van der Waals surface area contributed by atoms with Gasteiger partial charge in [-0.05, 0) is 20.0 Å². The summed E-state index contributed by atoms with van der Waals surface area (Å²) in [6, 6.07) is 4.27. The molecule has 0 spiro atoms. The van der Waals surface area contributed by atoms with Crippen molar-refractivity contribution >= 4 is 0 Å². The minimum absolute atomic E-state index is 0.227. The van der Waals surface area contributed by atoms with Crippen molar-refractivity contribution in [1.29, 1.82) is 0 Å². The van der Waals surface area contributed by atoms with E-state index in [1.54, 1.807) is 0 Å². The third kappa shape index (κ3) is 1.41. The van der Waals surface area contributed by atoms with Crippen molar-refractivity contribution in [2.24, 2.45) is 0 Å². The highest BCUT2D eigenvalue weighted by molar-refractivity contribution is 5.53. The molecule has 2 unspecified atom stereocenters. The average Bonchev–Trinajstić information content (AvgIpc) is 2.72. The Morgan fingerprint density at radius 1 is 1.19 bits per heavy atom. The van der Waals surface area contributed by atoms with Gasteiger partial charge in [-0.2, -0.15) is 0 Å². The Morgan fingerprint density at radius 2 is 1.94 bits per heavy atom. The molecule has 2 heterocycles. The second-order valence-corrected chi connectivity index (χ2v) is 4.25. The minimum Gasteiger partial charge on any atom is -0.490 e. The molecule has 1 aromatic rings. The lowest BCUT2D eigenvalue weighted by Gasteiger charge is -2.30. The van der Waals surface area contributed by atoms with E-state index in [4.69, 9.17) is 14.2 Å². The van der Waals surface area contributed by atoms with Crippen molar-refractivity contribution in [3.05, 3.63) is 17.7 Å². The highest BCUT2D eigenvalue weighted by atomic mass is 16.7. The topological polar surface area (TPSA) is 39.7 Å². The van der Waals surface area contributed by atoms with E-state index in [2.05, 4.69) is 12.2 Å². The summed E-state index contributed by atoms with van der Waals surface area (Å²) < 4.78 is 16.5. The number of hydrogen-bond acceptors (Lipinski definition) is 4. The van der Waals surface area contributed by atoms with Gasteiger partial charge in [-0.1, -0.05) is 0 Å². The van der Waals surface area contributed by atoms with Crippen LogP contribution in [0, 0.1) is 0 Å².